The Morgan fingerprint density at radius 3 is 2.65 bits per heavy atom. The van der Waals surface area contributed by atoms with Crippen molar-refractivity contribution in [1.29, 1.82) is 0 Å². The Morgan fingerprint density at radius 1 is 1.12 bits per heavy atom. The van der Waals surface area contributed by atoms with Crippen molar-refractivity contribution in [2.45, 2.75) is 4.90 Å². The molecular formula is C19H16N2O4S. The summed E-state index contributed by atoms with van der Waals surface area (Å²) in [5.74, 6) is -1.17. The summed E-state index contributed by atoms with van der Waals surface area (Å²) in [6.45, 7) is -0.442. The third kappa shape index (κ3) is 3.94. The number of amides is 1. The standard InChI is InChI=1S/C19H16N2O4S/c1-26-16-9-5-4-8-15(16)21-18(23)11-25-19(24)13-10-17(22)20-14-7-3-2-6-12(13)14/h2-10H,11H2,1H3,(H,20,22)(H,21,23). The molecule has 7 heteroatoms. The van der Waals surface area contributed by atoms with Crippen LogP contribution in [0.25, 0.3) is 10.9 Å². The summed E-state index contributed by atoms with van der Waals surface area (Å²) in [4.78, 5) is 39.7. The van der Waals surface area contributed by atoms with Gasteiger partial charge in [0.15, 0.2) is 6.61 Å². The van der Waals surface area contributed by atoms with E-state index in [0.717, 1.165) is 4.90 Å². The molecule has 1 aromatic heterocycles. The van der Waals surface area contributed by atoms with E-state index in [0.29, 0.717) is 16.6 Å². The number of aromatic nitrogens is 1. The van der Waals surface area contributed by atoms with Gasteiger partial charge in [-0.05, 0) is 24.5 Å². The molecule has 0 saturated heterocycles. The van der Waals surface area contributed by atoms with E-state index >= 15 is 0 Å². The minimum absolute atomic E-state index is 0.127. The average molecular weight is 368 g/mol. The lowest BCUT2D eigenvalue weighted by Gasteiger charge is -2.10. The number of pyridine rings is 1. The van der Waals surface area contributed by atoms with E-state index < -0.39 is 24.0 Å². The summed E-state index contributed by atoms with van der Waals surface area (Å²) in [6, 6.07) is 15.4. The summed E-state index contributed by atoms with van der Waals surface area (Å²) in [5.41, 5.74) is 0.906. The maximum absolute atomic E-state index is 12.3. The molecule has 0 aliphatic carbocycles. The fraction of sp³-hybridized carbons (Fsp3) is 0.105. The van der Waals surface area contributed by atoms with Crippen LogP contribution in [0, 0.1) is 0 Å². The number of H-pyrrole nitrogens is 1. The summed E-state index contributed by atoms with van der Waals surface area (Å²) >= 11 is 1.50. The van der Waals surface area contributed by atoms with E-state index in [2.05, 4.69) is 10.3 Å². The van der Waals surface area contributed by atoms with Crippen molar-refractivity contribution in [1.82, 2.24) is 4.98 Å². The first-order valence-electron chi connectivity index (χ1n) is 7.80. The normalized spacial score (nSPS) is 10.5. The summed E-state index contributed by atoms with van der Waals surface area (Å²) < 4.78 is 5.09. The first kappa shape index (κ1) is 17.8. The highest BCUT2D eigenvalue weighted by Crippen LogP contribution is 2.24. The molecular weight excluding hydrogens is 352 g/mol. The van der Waals surface area contributed by atoms with Gasteiger partial charge >= 0.3 is 5.97 Å². The van der Waals surface area contributed by atoms with Gasteiger partial charge in [0.1, 0.15) is 0 Å². The lowest BCUT2D eigenvalue weighted by Crippen LogP contribution is -2.22. The van der Waals surface area contributed by atoms with Crippen LogP contribution in [-0.4, -0.2) is 29.7 Å². The molecule has 26 heavy (non-hydrogen) atoms. The molecule has 0 saturated carbocycles. The van der Waals surface area contributed by atoms with Gasteiger partial charge in [-0.1, -0.05) is 30.3 Å². The van der Waals surface area contributed by atoms with E-state index in [1.54, 1.807) is 30.3 Å². The number of carbonyl (C=O) groups is 2. The number of fused-ring (bicyclic) bond motifs is 1. The Morgan fingerprint density at radius 2 is 1.85 bits per heavy atom. The van der Waals surface area contributed by atoms with Crippen molar-refractivity contribution in [3.05, 3.63) is 70.5 Å². The van der Waals surface area contributed by atoms with Crippen LogP contribution in [0.5, 0.6) is 0 Å². The Kier molecular flexibility index (Phi) is 5.38. The SMILES string of the molecule is CSc1ccccc1NC(=O)COC(=O)c1cc(=O)[nH]c2ccccc12. The van der Waals surface area contributed by atoms with Crippen LogP contribution >= 0.6 is 11.8 Å². The number of para-hydroxylation sites is 2. The first-order chi connectivity index (χ1) is 12.6. The van der Waals surface area contributed by atoms with Crippen LogP contribution in [-0.2, 0) is 9.53 Å². The molecule has 6 nitrogen and oxygen atoms in total. The zero-order valence-corrected chi connectivity index (χ0v) is 14.8. The van der Waals surface area contributed by atoms with Gasteiger partial charge < -0.3 is 15.0 Å². The number of hydrogen-bond donors (Lipinski definition) is 2. The lowest BCUT2D eigenvalue weighted by atomic mass is 10.1. The summed E-state index contributed by atoms with van der Waals surface area (Å²) in [7, 11) is 0. The highest BCUT2D eigenvalue weighted by Gasteiger charge is 2.15. The predicted molar refractivity (Wildman–Crippen MR) is 102 cm³/mol. The monoisotopic (exact) mass is 368 g/mol. The number of carbonyl (C=O) groups excluding carboxylic acids is 2. The van der Waals surface area contributed by atoms with Gasteiger partial charge in [-0.15, -0.1) is 11.8 Å². The molecule has 0 bridgehead atoms. The number of anilines is 1. The molecule has 132 valence electrons. The lowest BCUT2D eigenvalue weighted by molar-refractivity contribution is -0.119. The topological polar surface area (TPSA) is 88.3 Å². The van der Waals surface area contributed by atoms with E-state index in [4.69, 9.17) is 4.74 Å². The fourth-order valence-corrected chi connectivity index (χ4v) is 3.07. The zero-order valence-electron chi connectivity index (χ0n) is 13.9. The third-order valence-electron chi connectivity index (χ3n) is 3.69. The minimum Gasteiger partial charge on any atom is -0.452 e. The number of thioether (sulfide) groups is 1. The van der Waals surface area contributed by atoms with Gasteiger partial charge in [0.05, 0.1) is 11.3 Å². The number of esters is 1. The Bertz CT molecular complexity index is 1030. The molecule has 1 heterocycles. The second kappa shape index (κ2) is 7.88. The van der Waals surface area contributed by atoms with Crippen molar-refractivity contribution < 1.29 is 14.3 Å². The fourth-order valence-electron chi connectivity index (χ4n) is 2.52. The Labute approximate surface area is 153 Å². The number of aromatic amines is 1. The molecule has 3 rings (SSSR count). The predicted octanol–water partition coefficient (Wildman–Crippen LogP) is 3.05. The molecule has 1 amide bonds. The first-order valence-corrected chi connectivity index (χ1v) is 9.03. The van der Waals surface area contributed by atoms with E-state index in [1.165, 1.54) is 17.8 Å². The zero-order chi connectivity index (χ0) is 18.5. The molecule has 2 aromatic carbocycles. The van der Waals surface area contributed by atoms with Crippen LogP contribution in [0.2, 0.25) is 0 Å². The van der Waals surface area contributed by atoms with Gasteiger partial charge in [0.2, 0.25) is 5.56 Å². The minimum atomic E-state index is -0.722. The van der Waals surface area contributed by atoms with Gasteiger partial charge in [0.25, 0.3) is 5.91 Å². The summed E-state index contributed by atoms with van der Waals surface area (Å²) in [5, 5.41) is 3.27. The maximum Gasteiger partial charge on any atom is 0.339 e. The van der Waals surface area contributed by atoms with E-state index in [-0.39, 0.29) is 5.56 Å². The molecule has 0 unspecified atom stereocenters. The van der Waals surface area contributed by atoms with Crippen LogP contribution in [0.1, 0.15) is 10.4 Å². The molecule has 0 spiro atoms. The largest absolute Gasteiger partial charge is 0.452 e. The molecule has 0 atom stereocenters. The number of ether oxygens (including phenoxy) is 1. The van der Waals surface area contributed by atoms with Crippen LogP contribution in [0.4, 0.5) is 5.69 Å². The second-order valence-corrected chi connectivity index (χ2v) is 6.27. The van der Waals surface area contributed by atoms with Crippen LogP contribution in [0.3, 0.4) is 0 Å². The summed E-state index contributed by atoms with van der Waals surface area (Å²) in [6.07, 6.45) is 1.91. The molecule has 0 fully saturated rings. The molecule has 2 N–H and O–H groups in total. The van der Waals surface area contributed by atoms with Crippen molar-refractivity contribution in [2.75, 3.05) is 18.2 Å². The molecule has 0 aliphatic heterocycles. The van der Waals surface area contributed by atoms with Gasteiger partial charge in [-0.3, -0.25) is 9.59 Å². The number of benzene rings is 2. The van der Waals surface area contributed by atoms with Crippen molar-refractivity contribution in [2.24, 2.45) is 0 Å². The van der Waals surface area contributed by atoms with Gasteiger partial charge in [0, 0.05) is 21.9 Å². The molecule has 3 aromatic rings. The van der Waals surface area contributed by atoms with Gasteiger partial charge in [-0.2, -0.15) is 0 Å². The van der Waals surface area contributed by atoms with Crippen molar-refractivity contribution >= 4 is 40.2 Å². The van der Waals surface area contributed by atoms with Crippen molar-refractivity contribution in [3.63, 3.8) is 0 Å². The van der Waals surface area contributed by atoms with Crippen LogP contribution < -0.4 is 10.9 Å². The maximum atomic E-state index is 12.3. The number of nitrogens with one attached hydrogen (secondary N) is 2. The van der Waals surface area contributed by atoms with E-state index in [9.17, 15) is 14.4 Å². The average Bonchev–Trinajstić information content (AvgIpc) is 2.65. The Balaban J connectivity index is 1.71. The highest BCUT2D eigenvalue weighted by atomic mass is 32.2. The second-order valence-electron chi connectivity index (χ2n) is 5.42. The Hall–Kier alpha value is -3.06. The van der Waals surface area contributed by atoms with E-state index in [1.807, 2.05) is 24.5 Å². The quantitative estimate of drug-likeness (QED) is 0.534. The molecule has 0 aliphatic rings. The third-order valence-corrected chi connectivity index (χ3v) is 4.48. The number of hydrogen-bond acceptors (Lipinski definition) is 5. The number of rotatable bonds is 5. The smallest absolute Gasteiger partial charge is 0.339 e. The highest BCUT2D eigenvalue weighted by molar-refractivity contribution is 7.98. The van der Waals surface area contributed by atoms with Crippen LogP contribution in [0.15, 0.2) is 64.3 Å². The van der Waals surface area contributed by atoms with Crippen molar-refractivity contribution in [3.8, 4) is 0 Å². The van der Waals surface area contributed by atoms with Gasteiger partial charge in [-0.25, -0.2) is 4.79 Å². The molecule has 0 radical (unpaired) electrons.